The van der Waals surface area contributed by atoms with Gasteiger partial charge in [0.1, 0.15) is 0 Å². The predicted molar refractivity (Wildman–Crippen MR) is 36.1 cm³/mol. The van der Waals surface area contributed by atoms with E-state index in [-0.39, 0.29) is 0 Å². The average molecular weight is 316 g/mol. The van der Waals surface area contributed by atoms with Crippen LogP contribution in [0.1, 0.15) is 0 Å². The number of nitrogens with zero attached hydrogens (tertiary/aromatic N) is 2. The van der Waals surface area contributed by atoms with E-state index >= 15 is 0 Å². The van der Waals surface area contributed by atoms with Gasteiger partial charge < -0.3 is 0 Å². The molecule has 0 fully saturated rings. The van der Waals surface area contributed by atoms with Gasteiger partial charge in [0.05, 0.1) is 0 Å². The molecule has 0 aromatic carbocycles. The van der Waals surface area contributed by atoms with Gasteiger partial charge in [0.2, 0.25) is 0 Å². The first-order chi connectivity index (χ1) is 4.88. The number of hydrogen-bond acceptors (Lipinski definition) is 3. The molecule has 5 heteroatoms. The second kappa shape index (κ2) is 3.42. The van der Waals surface area contributed by atoms with E-state index in [1.165, 1.54) is 6.34 Å². The van der Waals surface area contributed by atoms with E-state index in [1.807, 2.05) is 19.4 Å². The van der Waals surface area contributed by atoms with Crippen LogP contribution in [-0.4, -0.2) is 16.7 Å². The van der Waals surface area contributed by atoms with Crippen molar-refractivity contribution in [2.75, 3.05) is 0 Å². The summed E-state index contributed by atoms with van der Waals surface area (Å²) in [6, 6.07) is 0. The van der Waals surface area contributed by atoms with E-state index in [2.05, 4.69) is 21.5 Å². The van der Waals surface area contributed by atoms with Crippen molar-refractivity contribution in [3.8, 4) is 0 Å². The van der Waals surface area contributed by atoms with E-state index in [0.29, 0.717) is 11.5 Å². The van der Waals surface area contributed by atoms with Gasteiger partial charge in [-0.2, -0.15) is 0 Å². The summed E-state index contributed by atoms with van der Waals surface area (Å²) in [6.45, 7) is 0. The van der Waals surface area contributed by atoms with Gasteiger partial charge >= 0.3 is 69.0 Å². The van der Waals surface area contributed by atoms with Crippen molar-refractivity contribution >= 4 is 16.7 Å². The Kier molecular flexibility index (Phi) is 2.51. The van der Waals surface area contributed by atoms with Crippen LogP contribution < -0.4 is 11.1 Å². The molecule has 1 heterocycles. The third-order valence-corrected chi connectivity index (χ3v) is 1.22. The Morgan fingerprint density at radius 3 is 3.30 bits per heavy atom. The summed E-state index contributed by atoms with van der Waals surface area (Å²) in [5, 5.41) is 2.78. The predicted octanol–water partition coefficient (Wildman–Crippen LogP) is -1.07. The number of aliphatic imine (C=N–C) groups is 2. The second-order valence-corrected chi connectivity index (χ2v) is 2.04. The van der Waals surface area contributed by atoms with Crippen molar-refractivity contribution < 1.29 is 19.4 Å². The topological polar surface area (TPSA) is 62.8 Å². The molecule has 0 saturated carbocycles. The molecule has 56 valence electrons. The second-order valence-electron chi connectivity index (χ2n) is 1.46. The molecule has 1 aliphatic rings. The molecular weight excluding hydrogens is 311 g/mol. The van der Waals surface area contributed by atoms with Gasteiger partial charge in [-0.15, -0.1) is 0 Å². The van der Waals surface area contributed by atoms with Crippen molar-refractivity contribution in [2.45, 2.75) is 0 Å². The van der Waals surface area contributed by atoms with Crippen LogP contribution in [0.15, 0.2) is 15.7 Å². The summed E-state index contributed by atoms with van der Waals surface area (Å²) in [5.74, 6) is 0.567. The molecule has 0 bridgehead atoms. The molecule has 4 nitrogen and oxygen atoms in total. The third kappa shape index (κ3) is 1.39. The van der Waals surface area contributed by atoms with Crippen molar-refractivity contribution in [1.29, 1.82) is 0 Å². The summed E-state index contributed by atoms with van der Waals surface area (Å²) in [5.41, 5.74) is 5.75. The zero-order chi connectivity index (χ0) is 7.40. The summed E-state index contributed by atoms with van der Waals surface area (Å²) in [7, 11) is 0. The van der Waals surface area contributed by atoms with Crippen molar-refractivity contribution in [3.05, 3.63) is 11.9 Å². The van der Waals surface area contributed by atoms with Gasteiger partial charge in [0.15, 0.2) is 0 Å². The summed E-state index contributed by atoms with van der Waals surface area (Å²) >= 11 is 1.99. The van der Waals surface area contributed by atoms with Crippen molar-refractivity contribution in [2.24, 2.45) is 15.7 Å². The van der Waals surface area contributed by atoms with Crippen LogP contribution in [0, 0.1) is 6.20 Å². The first kappa shape index (κ1) is 7.35. The van der Waals surface area contributed by atoms with Gasteiger partial charge in [0.25, 0.3) is 0 Å². The molecule has 1 aliphatic heterocycles. The Morgan fingerprint density at radius 2 is 2.70 bits per heavy atom. The summed E-state index contributed by atoms with van der Waals surface area (Å²) in [6.07, 6.45) is 3.95. The Morgan fingerprint density at radius 1 is 1.90 bits per heavy atom. The number of amidine groups is 1. The standard InChI is InChI=1S/C5H5N4.Pt/c1-7-5-4(2-6)8-3-9-5;/h1,3H,6H2,(H,8,9);/q-1;. The average Bonchev–Trinajstić information content (AvgIpc) is 2.36. The van der Waals surface area contributed by atoms with E-state index in [1.54, 1.807) is 4.52 Å². The van der Waals surface area contributed by atoms with Gasteiger partial charge in [0, 0.05) is 0 Å². The molecule has 0 amide bonds. The number of rotatable bonds is 1. The van der Waals surface area contributed by atoms with E-state index in [4.69, 9.17) is 5.73 Å². The van der Waals surface area contributed by atoms with Crippen LogP contribution in [0.4, 0.5) is 0 Å². The van der Waals surface area contributed by atoms with Crippen LogP contribution in [0.3, 0.4) is 0 Å². The normalized spacial score (nSPS) is 23.8. The van der Waals surface area contributed by atoms with Gasteiger partial charge in [-0.05, 0) is 0 Å². The Bertz CT molecular complexity index is 228. The minimum atomic E-state index is 0.567. The monoisotopic (exact) mass is 316 g/mol. The Hall–Kier alpha value is -0.762. The molecular formula is C5H5N4Pt-. The van der Waals surface area contributed by atoms with Crippen LogP contribution in [-0.2, 0) is 19.4 Å². The molecule has 0 aromatic rings. The quantitative estimate of drug-likeness (QED) is 0.478. The van der Waals surface area contributed by atoms with E-state index in [0.717, 1.165) is 0 Å². The van der Waals surface area contributed by atoms with Crippen LogP contribution in [0.25, 0.3) is 0 Å². The number of nitrogens with one attached hydrogen (secondary N) is 1. The van der Waals surface area contributed by atoms with Gasteiger partial charge in [-0.1, -0.05) is 0 Å². The molecule has 0 radical (unpaired) electrons. The van der Waals surface area contributed by atoms with Crippen molar-refractivity contribution in [3.63, 3.8) is 0 Å². The van der Waals surface area contributed by atoms with Gasteiger partial charge in [-0.25, -0.2) is 0 Å². The molecule has 1 rings (SSSR count). The Balaban J connectivity index is 2.86. The fourth-order valence-corrected chi connectivity index (χ4v) is 0.808. The zero-order valence-electron chi connectivity index (χ0n) is 4.94. The van der Waals surface area contributed by atoms with Crippen molar-refractivity contribution in [1.82, 2.24) is 5.32 Å². The van der Waals surface area contributed by atoms with E-state index in [9.17, 15) is 0 Å². The summed E-state index contributed by atoms with van der Waals surface area (Å²) < 4.78 is 1.62. The first-order valence-corrected chi connectivity index (χ1v) is 3.79. The fourth-order valence-electron chi connectivity index (χ4n) is 0.530. The maximum atomic E-state index is 5.13. The summed E-state index contributed by atoms with van der Waals surface area (Å²) in [4.78, 5) is 7.79. The maximum absolute atomic E-state index is 5.13. The number of hydrogen-bond donors (Lipinski definition) is 2. The fraction of sp³-hybridized carbons (Fsp3) is 0. The van der Waals surface area contributed by atoms with Gasteiger partial charge in [-0.3, -0.25) is 0 Å². The molecule has 3 N–H and O–H groups in total. The molecule has 0 spiro atoms. The van der Waals surface area contributed by atoms with E-state index < -0.39 is 0 Å². The Labute approximate surface area is 69.3 Å². The zero-order valence-corrected chi connectivity index (χ0v) is 7.21. The SMILES string of the molecule is N[C-]=C1NC=NC1=N[CH]=[Pt]. The molecule has 0 aliphatic carbocycles. The number of nitrogens with two attached hydrogens (primary N) is 1. The minimum absolute atomic E-state index is 0.567. The third-order valence-electron chi connectivity index (χ3n) is 0.927. The molecule has 0 unspecified atom stereocenters. The molecule has 0 aromatic heterocycles. The molecule has 0 saturated heterocycles. The van der Waals surface area contributed by atoms with Crippen LogP contribution >= 0.6 is 0 Å². The van der Waals surface area contributed by atoms with Crippen LogP contribution in [0.5, 0.6) is 0 Å². The molecule has 0 atom stereocenters. The first-order valence-electron chi connectivity index (χ1n) is 2.47. The van der Waals surface area contributed by atoms with Crippen LogP contribution in [0.2, 0.25) is 0 Å². The molecule has 10 heavy (non-hydrogen) atoms.